The molecule has 0 unspecified atom stereocenters. The first-order chi connectivity index (χ1) is 11.7. The topological polar surface area (TPSA) is 89.9 Å². The minimum Gasteiger partial charge on any atom is -0.361 e. The Bertz CT molecular complexity index is 857. The SMILES string of the molecule is Cc1cc([C@@H]2CCCN2C(=O)c2ccnc(-n3cncn3)c2)no1. The standard InChI is InChI=1S/C16H16N6O2/c1-11-7-13(20-24-11)14-3-2-6-21(14)16(23)12-4-5-18-15(8-12)22-10-17-9-19-22/h4-5,7-10,14H,2-3,6H2,1H3/t14-/m0/s1. The summed E-state index contributed by atoms with van der Waals surface area (Å²) in [6.07, 6.45) is 6.42. The number of amides is 1. The van der Waals surface area contributed by atoms with Gasteiger partial charge >= 0.3 is 0 Å². The van der Waals surface area contributed by atoms with E-state index in [1.807, 2.05) is 17.9 Å². The van der Waals surface area contributed by atoms with Crippen molar-refractivity contribution in [3.8, 4) is 5.82 Å². The lowest BCUT2D eigenvalue weighted by Crippen LogP contribution is -2.30. The van der Waals surface area contributed by atoms with Crippen LogP contribution in [0.15, 0.2) is 41.6 Å². The molecule has 24 heavy (non-hydrogen) atoms. The molecule has 1 atom stereocenters. The Morgan fingerprint density at radius 1 is 1.38 bits per heavy atom. The summed E-state index contributed by atoms with van der Waals surface area (Å²) in [6, 6.07) is 5.29. The maximum absolute atomic E-state index is 13.0. The van der Waals surface area contributed by atoms with Gasteiger partial charge in [0.05, 0.1) is 6.04 Å². The smallest absolute Gasteiger partial charge is 0.254 e. The molecule has 3 aromatic heterocycles. The zero-order valence-electron chi connectivity index (χ0n) is 13.2. The van der Waals surface area contributed by atoms with Crippen LogP contribution in [0.25, 0.3) is 5.82 Å². The van der Waals surface area contributed by atoms with Crippen LogP contribution >= 0.6 is 0 Å². The zero-order valence-corrected chi connectivity index (χ0v) is 13.2. The van der Waals surface area contributed by atoms with Crippen molar-refractivity contribution < 1.29 is 9.32 Å². The summed E-state index contributed by atoms with van der Waals surface area (Å²) in [4.78, 5) is 22.9. The number of likely N-dealkylation sites (tertiary alicyclic amines) is 1. The summed E-state index contributed by atoms with van der Waals surface area (Å²) >= 11 is 0. The third-order valence-electron chi connectivity index (χ3n) is 4.15. The number of rotatable bonds is 3. The van der Waals surface area contributed by atoms with E-state index >= 15 is 0 Å². The van der Waals surface area contributed by atoms with Gasteiger partial charge in [-0.25, -0.2) is 14.6 Å². The van der Waals surface area contributed by atoms with E-state index in [2.05, 4.69) is 20.2 Å². The van der Waals surface area contributed by atoms with Crippen LogP contribution in [-0.2, 0) is 0 Å². The molecule has 0 radical (unpaired) electrons. The van der Waals surface area contributed by atoms with Crippen molar-refractivity contribution in [2.75, 3.05) is 6.54 Å². The first-order valence-corrected chi connectivity index (χ1v) is 7.77. The number of aryl methyl sites for hydroxylation is 1. The van der Waals surface area contributed by atoms with Gasteiger partial charge in [-0.1, -0.05) is 5.16 Å². The Hall–Kier alpha value is -3.03. The number of hydrogen-bond donors (Lipinski definition) is 0. The lowest BCUT2D eigenvalue weighted by atomic mass is 10.1. The van der Waals surface area contributed by atoms with Crippen molar-refractivity contribution in [1.82, 2.24) is 29.8 Å². The Labute approximate surface area is 138 Å². The Morgan fingerprint density at radius 2 is 2.29 bits per heavy atom. The molecular weight excluding hydrogens is 308 g/mol. The predicted octanol–water partition coefficient (Wildman–Crippen LogP) is 1.94. The monoisotopic (exact) mass is 324 g/mol. The van der Waals surface area contributed by atoms with Crippen molar-refractivity contribution in [2.24, 2.45) is 0 Å². The average molecular weight is 324 g/mol. The molecule has 122 valence electrons. The second-order valence-corrected chi connectivity index (χ2v) is 5.76. The van der Waals surface area contributed by atoms with Gasteiger partial charge in [-0.3, -0.25) is 4.79 Å². The molecule has 3 aromatic rings. The van der Waals surface area contributed by atoms with Crippen LogP contribution in [0.5, 0.6) is 0 Å². The summed E-state index contributed by atoms with van der Waals surface area (Å²) in [5, 5.41) is 8.12. The molecule has 0 saturated carbocycles. The van der Waals surface area contributed by atoms with Gasteiger partial charge in [0.15, 0.2) is 5.82 Å². The number of nitrogens with zero attached hydrogens (tertiary/aromatic N) is 6. The maximum atomic E-state index is 13.0. The third kappa shape index (κ3) is 2.55. The fourth-order valence-electron chi connectivity index (χ4n) is 3.03. The third-order valence-corrected chi connectivity index (χ3v) is 4.15. The summed E-state index contributed by atoms with van der Waals surface area (Å²) in [6.45, 7) is 2.56. The van der Waals surface area contributed by atoms with Crippen molar-refractivity contribution >= 4 is 5.91 Å². The number of carbonyl (C=O) groups excluding carboxylic acids is 1. The van der Waals surface area contributed by atoms with Crippen molar-refractivity contribution in [1.29, 1.82) is 0 Å². The van der Waals surface area contributed by atoms with Crippen LogP contribution in [-0.4, -0.2) is 42.3 Å². The minimum absolute atomic E-state index is 0.0399. The minimum atomic E-state index is -0.0436. The molecule has 0 N–H and O–H groups in total. The van der Waals surface area contributed by atoms with Crippen molar-refractivity contribution in [2.45, 2.75) is 25.8 Å². The van der Waals surface area contributed by atoms with Gasteiger partial charge in [0.1, 0.15) is 24.1 Å². The first kappa shape index (κ1) is 14.6. The summed E-state index contributed by atoms with van der Waals surface area (Å²) in [7, 11) is 0. The highest BCUT2D eigenvalue weighted by Crippen LogP contribution is 2.32. The molecule has 1 saturated heterocycles. The van der Waals surface area contributed by atoms with Crippen LogP contribution in [0.2, 0.25) is 0 Å². The van der Waals surface area contributed by atoms with Crippen LogP contribution in [0.4, 0.5) is 0 Å². The highest BCUT2D eigenvalue weighted by atomic mass is 16.5. The summed E-state index contributed by atoms with van der Waals surface area (Å²) < 4.78 is 6.69. The fourth-order valence-corrected chi connectivity index (χ4v) is 3.03. The average Bonchev–Trinajstić information content (AvgIpc) is 3.35. The Morgan fingerprint density at radius 3 is 3.04 bits per heavy atom. The van der Waals surface area contributed by atoms with Gasteiger partial charge in [-0.15, -0.1) is 0 Å². The molecule has 8 nitrogen and oxygen atoms in total. The lowest BCUT2D eigenvalue weighted by molar-refractivity contribution is 0.0730. The van der Waals surface area contributed by atoms with E-state index in [1.54, 1.807) is 24.7 Å². The molecule has 4 rings (SSSR count). The van der Waals surface area contributed by atoms with E-state index in [9.17, 15) is 4.79 Å². The molecule has 8 heteroatoms. The Kier molecular flexibility index (Phi) is 3.56. The van der Waals surface area contributed by atoms with Crippen LogP contribution in [0.1, 0.15) is 40.7 Å². The lowest BCUT2D eigenvalue weighted by Gasteiger charge is -2.23. The van der Waals surface area contributed by atoms with E-state index < -0.39 is 0 Å². The van der Waals surface area contributed by atoms with E-state index in [0.717, 1.165) is 24.3 Å². The second-order valence-electron chi connectivity index (χ2n) is 5.76. The molecule has 0 aromatic carbocycles. The van der Waals surface area contributed by atoms with Gasteiger partial charge in [0, 0.05) is 24.4 Å². The number of carbonyl (C=O) groups is 1. The van der Waals surface area contributed by atoms with Gasteiger partial charge < -0.3 is 9.42 Å². The second kappa shape index (κ2) is 5.88. The zero-order chi connectivity index (χ0) is 16.5. The first-order valence-electron chi connectivity index (χ1n) is 7.77. The highest BCUT2D eigenvalue weighted by Gasteiger charge is 2.32. The van der Waals surface area contributed by atoms with Gasteiger partial charge in [-0.2, -0.15) is 5.10 Å². The quantitative estimate of drug-likeness (QED) is 0.731. The normalized spacial score (nSPS) is 17.4. The molecular formula is C16H16N6O2. The predicted molar refractivity (Wildman–Crippen MR) is 83.4 cm³/mol. The van der Waals surface area contributed by atoms with Gasteiger partial charge in [0.2, 0.25) is 0 Å². The summed E-state index contributed by atoms with van der Waals surface area (Å²) in [5.41, 5.74) is 1.38. The molecule has 1 aliphatic rings. The highest BCUT2D eigenvalue weighted by molar-refractivity contribution is 5.95. The number of pyridine rings is 1. The van der Waals surface area contributed by atoms with E-state index in [1.165, 1.54) is 11.0 Å². The molecule has 0 bridgehead atoms. The van der Waals surface area contributed by atoms with Gasteiger partial charge in [-0.05, 0) is 31.9 Å². The van der Waals surface area contributed by atoms with E-state index in [0.29, 0.717) is 17.9 Å². The van der Waals surface area contributed by atoms with Crippen LogP contribution < -0.4 is 0 Å². The fraction of sp³-hybridized carbons (Fsp3) is 0.312. The molecule has 0 aliphatic carbocycles. The summed E-state index contributed by atoms with van der Waals surface area (Å²) in [5.74, 6) is 1.27. The largest absolute Gasteiger partial charge is 0.361 e. The molecule has 0 spiro atoms. The molecule has 1 aliphatic heterocycles. The number of aromatic nitrogens is 5. The molecule has 4 heterocycles. The maximum Gasteiger partial charge on any atom is 0.254 e. The molecule has 1 fully saturated rings. The van der Waals surface area contributed by atoms with E-state index in [-0.39, 0.29) is 11.9 Å². The van der Waals surface area contributed by atoms with Crippen LogP contribution in [0, 0.1) is 6.92 Å². The van der Waals surface area contributed by atoms with E-state index in [4.69, 9.17) is 4.52 Å². The van der Waals surface area contributed by atoms with Crippen LogP contribution in [0.3, 0.4) is 0 Å². The number of hydrogen-bond acceptors (Lipinski definition) is 6. The van der Waals surface area contributed by atoms with Crippen molar-refractivity contribution in [3.63, 3.8) is 0 Å². The van der Waals surface area contributed by atoms with Crippen molar-refractivity contribution in [3.05, 3.63) is 54.1 Å². The Balaban J connectivity index is 1.62. The molecule has 1 amide bonds. The van der Waals surface area contributed by atoms with Gasteiger partial charge in [0.25, 0.3) is 5.91 Å².